The Balaban J connectivity index is 1.22. The minimum Gasteiger partial charge on any atom is -0.491 e. The van der Waals surface area contributed by atoms with Crippen LogP contribution in [0.15, 0.2) is 60.8 Å². The number of hydrogen-bond donors (Lipinski definition) is 3. The van der Waals surface area contributed by atoms with Gasteiger partial charge < -0.3 is 25.2 Å². The number of aromatic carboxylic acids is 1. The molecule has 0 radical (unpaired) electrons. The lowest BCUT2D eigenvalue weighted by atomic mass is 9.88. The number of aromatic nitrogens is 3. The molecule has 2 aliphatic rings. The summed E-state index contributed by atoms with van der Waals surface area (Å²) in [6.45, 7) is 7.12. The molecule has 10 heteroatoms. The molecule has 0 saturated carbocycles. The number of benzene rings is 2. The summed E-state index contributed by atoms with van der Waals surface area (Å²) in [5, 5.41) is 27.0. The summed E-state index contributed by atoms with van der Waals surface area (Å²) >= 11 is 0. The molecule has 2 aliphatic heterocycles. The number of likely N-dealkylation sites (tertiary alicyclic amines) is 1. The molecule has 4 aromatic rings. The number of piperidine rings is 1. The summed E-state index contributed by atoms with van der Waals surface area (Å²) in [6, 6.07) is 18.0. The summed E-state index contributed by atoms with van der Waals surface area (Å²) in [4.78, 5) is 30.3. The highest BCUT2D eigenvalue weighted by Gasteiger charge is 2.30. The minimum absolute atomic E-state index is 0.0963. The standard InChI is InChI=1S/C33H35N5O5/c1-19-16-23(22-12-14-37(15-13-22)32(40)21(3)39)10-11-26(19)35-28-18-43-29-8-4-6-24(31(28)29)27-7-5-9-30(36-27)38-20(2)25(17-34-38)33(41)42/h4-11,16-17,21-22,28,35,39H,12-15,18H2,1-3H3,(H,41,42)/t21-,28?/m0/s1. The number of nitrogens with one attached hydrogen (secondary N) is 1. The van der Waals surface area contributed by atoms with Gasteiger partial charge in [0, 0.05) is 29.9 Å². The largest absolute Gasteiger partial charge is 0.491 e. The van der Waals surface area contributed by atoms with Crippen LogP contribution in [0.5, 0.6) is 5.75 Å². The van der Waals surface area contributed by atoms with Crippen molar-refractivity contribution in [2.24, 2.45) is 0 Å². The molecule has 3 N–H and O–H groups in total. The molecule has 2 aromatic carbocycles. The Labute approximate surface area is 249 Å². The fourth-order valence-electron chi connectivity index (χ4n) is 6.15. The number of carbonyl (C=O) groups excluding carboxylic acids is 1. The fraction of sp³-hybridized carbons (Fsp3) is 0.333. The number of pyridine rings is 1. The fourth-order valence-corrected chi connectivity index (χ4v) is 6.15. The molecule has 43 heavy (non-hydrogen) atoms. The number of aliphatic hydroxyl groups excluding tert-OH is 1. The zero-order valence-electron chi connectivity index (χ0n) is 24.4. The summed E-state index contributed by atoms with van der Waals surface area (Å²) in [7, 11) is 0. The van der Waals surface area contributed by atoms with Crippen LogP contribution in [0.1, 0.15) is 64.5 Å². The Morgan fingerprint density at radius 1 is 1.07 bits per heavy atom. The summed E-state index contributed by atoms with van der Waals surface area (Å²) in [6.07, 6.45) is 2.13. The van der Waals surface area contributed by atoms with E-state index >= 15 is 0 Å². The average Bonchev–Trinajstić information content (AvgIpc) is 3.61. The Hall–Kier alpha value is -4.70. The van der Waals surface area contributed by atoms with Crippen molar-refractivity contribution < 1.29 is 24.5 Å². The van der Waals surface area contributed by atoms with Crippen LogP contribution >= 0.6 is 0 Å². The molecule has 222 valence electrons. The molecular formula is C33H35N5O5. The van der Waals surface area contributed by atoms with Crippen LogP contribution in [0.3, 0.4) is 0 Å². The summed E-state index contributed by atoms with van der Waals surface area (Å²) in [5.41, 5.74) is 6.77. The third kappa shape index (κ3) is 5.46. The van der Waals surface area contributed by atoms with Crippen LogP contribution in [0, 0.1) is 13.8 Å². The van der Waals surface area contributed by atoms with E-state index in [0.29, 0.717) is 37.1 Å². The summed E-state index contributed by atoms with van der Waals surface area (Å²) in [5.74, 6) is 0.494. The Bertz CT molecular complexity index is 1690. The van der Waals surface area contributed by atoms with Gasteiger partial charge in [0.25, 0.3) is 5.91 Å². The highest BCUT2D eigenvalue weighted by Crippen LogP contribution is 2.42. The first-order valence-electron chi connectivity index (χ1n) is 14.6. The highest BCUT2D eigenvalue weighted by molar-refractivity contribution is 5.88. The van der Waals surface area contributed by atoms with Crippen LogP contribution in [0.25, 0.3) is 17.1 Å². The molecule has 2 aromatic heterocycles. The molecule has 0 spiro atoms. The van der Waals surface area contributed by atoms with Crippen molar-refractivity contribution in [3.63, 3.8) is 0 Å². The number of rotatable bonds is 7. The molecule has 0 bridgehead atoms. The quantitative estimate of drug-likeness (QED) is 0.282. The van der Waals surface area contributed by atoms with Gasteiger partial charge in [0.05, 0.1) is 23.6 Å². The van der Waals surface area contributed by atoms with Gasteiger partial charge in [-0.05, 0) is 74.9 Å². The maximum Gasteiger partial charge on any atom is 0.339 e. The maximum absolute atomic E-state index is 12.2. The monoisotopic (exact) mass is 581 g/mol. The molecule has 4 heterocycles. The van der Waals surface area contributed by atoms with Gasteiger partial charge in [0.15, 0.2) is 5.82 Å². The van der Waals surface area contributed by atoms with Gasteiger partial charge in [0.2, 0.25) is 0 Å². The van der Waals surface area contributed by atoms with E-state index in [4.69, 9.17) is 9.72 Å². The van der Waals surface area contributed by atoms with Crippen LogP contribution < -0.4 is 10.1 Å². The number of hydrogen-bond acceptors (Lipinski definition) is 7. The van der Waals surface area contributed by atoms with Crippen LogP contribution in [0.2, 0.25) is 0 Å². The van der Waals surface area contributed by atoms with Gasteiger partial charge in [-0.2, -0.15) is 5.10 Å². The number of nitrogens with zero attached hydrogens (tertiary/aromatic N) is 4. The molecule has 1 saturated heterocycles. The Kier molecular flexibility index (Phi) is 7.62. The van der Waals surface area contributed by atoms with Crippen molar-refractivity contribution in [3.05, 3.63) is 88.7 Å². The number of ether oxygens (including phenoxy) is 1. The molecule has 0 aliphatic carbocycles. The highest BCUT2D eigenvalue weighted by atomic mass is 16.5. The lowest BCUT2D eigenvalue weighted by molar-refractivity contribution is -0.140. The first-order valence-corrected chi connectivity index (χ1v) is 14.6. The first-order chi connectivity index (χ1) is 20.7. The van der Waals surface area contributed by atoms with E-state index < -0.39 is 12.1 Å². The Morgan fingerprint density at radius 3 is 2.53 bits per heavy atom. The molecule has 1 amide bonds. The summed E-state index contributed by atoms with van der Waals surface area (Å²) < 4.78 is 7.63. The van der Waals surface area contributed by atoms with Gasteiger partial charge >= 0.3 is 5.97 Å². The van der Waals surface area contributed by atoms with Crippen molar-refractivity contribution in [1.29, 1.82) is 0 Å². The SMILES string of the molecule is Cc1cc(C2CCN(C(=O)[C@H](C)O)CC2)ccc1NC1COc2cccc(-c3cccc(-n4ncc(C(=O)O)c4C)n3)c21. The van der Waals surface area contributed by atoms with Crippen molar-refractivity contribution in [2.45, 2.75) is 51.7 Å². The third-order valence-corrected chi connectivity index (χ3v) is 8.50. The van der Waals surface area contributed by atoms with Crippen molar-refractivity contribution in [2.75, 3.05) is 25.0 Å². The third-order valence-electron chi connectivity index (χ3n) is 8.50. The predicted octanol–water partition coefficient (Wildman–Crippen LogP) is 4.88. The number of carboxylic acid groups (broad SMARTS) is 1. The number of aliphatic hydroxyl groups is 1. The second-order valence-electron chi connectivity index (χ2n) is 11.3. The van der Waals surface area contributed by atoms with Gasteiger partial charge in [-0.3, -0.25) is 4.79 Å². The van der Waals surface area contributed by atoms with Crippen LogP contribution in [0.4, 0.5) is 5.69 Å². The van der Waals surface area contributed by atoms with E-state index in [-0.39, 0.29) is 17.5 Å². The maximum atomic E-state index is 12.2. The van der Waals surface area contributed by atoms with Gasteiger partial charge in [-0.25, -0.2) is 14.5 Å². The second-order valence-corrected chi connectivity index (χ2v) is 11.3. The van der Waals surface area contributed by atoms with E-state index in [2.05, 4.69) is 35.5 Å². The smallest absolute Gasteiger partial charge is 0.339 e. The second kappa shape index (κ2) is 11.5. The molecular weight excluding hydrogens is 546 g/mol. The predicted molar refractivity (Wildman–Crippen MR) is 162 cm³/mol. The zero-order chi connectivity index (χ0) is 30.2. The normalized spacial score (nSPS) is 17.3. The van der Waals surface area contributed by atoms with Gasteiger partial charge in [-0.15, -0.1) is 0 Å². The van der Waals surface area contributed by atoms with Crippen LogP contribution in [-0.2, 0) is 4.79 Å². The number of aryl methyl sites for hydroxylation is 1. The molecule has 6 rings (SSSR count). The molecule has 10 nitrogen and oxygen atoms in total. The van der Waals surface area contributed by atoms with E-state index in [0.717, 1.165) is 46.7 Å². The van der Waals surface area contributed by atoms with Gasteiger partial charge in [0.1, 0.15) is 24.0 Å². The van der Waals surface area contributed by atoms with E-state index in [9.17, 15) is 19.8 Å². The minimum atomic E-state index is -1.02. The zero-order valence-corrected chi connectivity index (χ0v) is 24.4. The van der Waals surface area contributed by atoms with Crippen molar-refractivity contribution >= 4 is 17.6 Å². The van der Waals surface area contributed by atoms with Crippen molar-refractivity contribution in [3.8, 4) is 22.8 Å². The molecule has 1 unspecified atom stereocenters. The molecule has 2 atom stereocenters. The number of carboxylic acids is 1. The van der Waals surface area contributed by atoms with Crippen LogP contribution in [-0.4, -0.2) is 67.6 Å². The average molecular weight is 582 g/mol. The van der Waals surface area contributed by atoms with E-state index in [1.807, 2.05) is 36.4 Å². The number of amides is 1. The van der Waals surface area contributed by atoms with E-state index in [1.54, 1.807) is 16.5 Å². The molecule has 1 fully saturated rings. The first kappa shape index (κ1) is 28.4. The number of anilines is 1. The van der Waals surface area contributed by atoms with Crippen molar-refractivity contribution in [1.82, 2.24) is 19.7 Å². The lowest BCUT2D eigenvalue weighted by Gasteiger charge is -2.33. The topological polar surface area (TPSA) is 130 Å². The number of fused-ring (bicyclic) bond motifs is 1. The van der Waals surface area contributed by atoms with Gasteiger partial charge in [-0.1, -0.05) is 30.3 Å². The number of carbonyl (C=O) groups is 2. The Morgan fingerprint density at radius 2 is 1.84 bits per heavy atom. The van der Waals surface area contributed by atoms with E-state index in [1.165, 1.54) is 18.7 Å². The lowest BCUT2D eigenvalue weighted by Crippen LogP contribution is -2.42.